The van der Waals surface area contributed by atoms with Crippen LogP contribution in [0.4, 0.5) is 19.0 Å². The van der Waals surface area contributed by atoms with Gasteiger partial charge < -0.3 is 11.5 Å². The number of anilines is 1. The molecule has 0 atom stereocenters. The molecular weight excluding hydrogens is 395 g/mol. The van der Waals surface area contributed by atoms with Crippen LogP contribution in [0.1, 0.15) is 5.69 Å². The minimum atomic E-state index is -4.22. The Morgan fingerprint density at radius 1 is 1.35 bits per heavy atom. The van der Waals surface area contributed by atoms with Gasteiger partial charge >= 0.3 is 6.18 Å². The first kappa shape index (κ1) is 20.1. The Bertz CT molecular complexity index is 1010. The van der Waals surface area contributed by atoms with E-state index in [-0.39, 0.29) is 4.90 Å². The maximum Gasteiger partial charge on any atom is 0.400 e. The number of thiazole rings is 1. The zero-order valence-corrected chi connectivity index (χ0v) is 14.8. The number of nitrogens with two attached hydrogens (primary N) is 2. The maximum absolute atomic E-state index is 11.1. The molecule has 8 nitrogen and oxygen atoms in total. The molecule has 0 unspecified atom stereocenters. The molecule has 1 aromatic carbocycles. The number of aromatic nitrogens is 3. The first-order chi connectivity index (χ1) is 11.9. The van der Waals surface area contributed by atoms with E-state index in [1.165, 1.54) is 23.5 Å². The molecule has 13 heteroatoms. The van der Waals surface area contributed by atoms with E-state index in [1.54, 1.807) is 6.07 Å². The molecule has 0 radical (unpaired) electrons. The number of fused-ring (bicyclic) bond motifs is 1. The van der Waals surface area contributed by atoms with Crippen molar-refractivity contribution in [2.45, 2.75) is 18.0 Å². The molecule has 0 aliphatic rings. The van der Waals surface area contributed by atoms with Crippen molar-refractivity contribution in [1.29, 1.82) is 0 Å². The van der Waals surface area contributed by atoms with Crippen LogP contribution in [0.2, 0.25) is 0 Å². The van der Waals surface area contributed by atoms with E-state index in [0.29, 0.717) is 26.6 Å². The Kier molecular flexibility index (Phi) is 5.55. The predicted molar refractivity (Wildman–Crippen MR) is 91.3 cm³/mol. The molecule has 2 aromatic heterocycles. The number of nitrogens with zero attached hydrogens (tertiary/aromatic N) is 2. The van der Waals surface area contributed by atoms with Gasteiger partial charge in [-0.05, 0) is 25.1 Å². The Balaban J connectivity index is 0.000000352. The van der Waals surface area contributed by atoms with Crippen molar-refractivity contribution >= 4 is 37.5 Å². The number of benzene rings is 1. The van der Waals surface area contributed by atoms with Crippen LogP contribution in [0, 0.1) is 6.92 Å². The number of nitrogens with one attached hydrogen (secondary N) is 1. The van der Waals surface area contributed by atoms with Crippen molar-refractivity contribution in [2.75, 3.05) is 12.3 Å². The van der Waals surface area contributed by atoms with Gasteiger partial charge in [0.25, 0.3) is 10.1 Å². The number of H-pyrrole nitrogens is 1. The predicted octanol–water partition coefficient (Wildman–Crippen LogP) is 2.33. The second-order valence-electron chi connectivity index (χ2n) is 5.05. The fourth-order valence-corrected chi connectivity index (χ4v) is 3.59. The lowest BCUT2D eigenvalue weighted by atomic mass is 10.2. The van der Waals surface area contributed by atoms with E-state index < -0.39 is 22.8 Å². The normalized spacial score (nSPS) is 12.1. The molecule has 26 heavy (non-hydrogen) atoms. The molecule has 0 bridgehead atoms. The van der Waals surface area contributed by atoms with E-state index in [1.807, 2.05) is 6.92 Å². The smallest absolute Gasteiger partial charge is 0.382 e. The highest BCUT2D eigenvalue weighted by Gasteiger charge is 2.23. The van der Waals surface area contributed by atoms with Crippen molar-refractivity contribution in [3.8, 4) is 10.6 Å². The average Bonchev–Trinajstić information content (AvgIpc) is 3.08. The van der Waals surface area contributed by atoms with Crippen LogP contribution in [0.5, 0.6) is 0 Å². The molecular formula is C13H14F3N5O3S2. The van der Waals surface area contributed by atoms with Crippen LogP contribution in [0.3, 0.4) is 0 Å². The van der Waals surface area contributed by atoms with Crippen molar-refractivity contribution in [2.24, 2.45) is 5.73 Å². The summed E-state index contributed by atoms with van der Waals surface area (Å²) in [6.07, 6.45) is -4.18. The topological polar surface area (TPSA) is 148 Å². The molecule has 6 N–H and O–H groups in total. The van der Waals surface area contributed by atoms with Gasteiger partial charge in [0.1, 0.15) is 5.01 Å². The zero-order valence-electron chi connectivity index (χ0n) is 13.2. The fraction of sp³-hybridized carbons (Fsp3) is 0.231. The molecule has 0 amide bonds. The summed E-state index contributed by atoms with van der Waals surface area (Å²) in [6, 6.07) is 4.24. The van der Waals surface area contributed by atoms with Gasteiger partial charge in [-0.25, -0.2) is 4.98 Å². The lowest BCUT2D eigenvalue weighted by Crippen LogP contribution is -2.21. The van der Waals surface area contributed by atoms with Crippen LogP contribution in [-0.2, 0) is 10.1 Å². The number of nitrogen functional groups attached to an aromatic ring is 1. The molecule has 0 aliphatic heterocycles. The molecule has 3 aromatic rings. The Hall–Kier alpha value is -2.22. The average molecular weight is 409 g/mol. The van der Waals surface area contributed by atoms with Gasteiger partial charge in [0.05, 0.1) is 27.2 Å². The van der Waals surface area contributed by atoms with E-state index >= 15 is 0 Å². The standard InChI is InChI=1S/C11H10N4O3S2.C2H4F3N/c1-5-9(10(12)15-14-5)11-13-7-3-2-6(20(16,17)18)4-8(7)19-11;3-2(4,5)1-6/h2-4H,1H3,(H3,12,14,15)(H,16,17,18);1,6H2. The van der Waals surface area contributed by atoms with Crippen molar-refractivity contribution in [3.63, 3.8) is 0 Å². The van der Waals surface area contributed by atoms with Crippen LogP contribution >= 0.6 is 11.3 Å². The largest absolute Gasteiger partial charge is 0.400 e. The first-order valence-electron chi connectivity index (χ1n) is 6.88. The quantitative estimate of drug-likeness (QED) is 0.475. The van der Waals surface area contributed by atoms with Crippen LogP contribution in [0.15, 0.2) is 23.1 Å². The summed E-state index contributed by atoms with van der Waals surface area (Å²) in [5.74, 6) is 0.344. The third-order valence-electron chi connectivity index (χ3n) is 3.08. The van der Waals surface area contributed by atoms with Gasteiger partial charge in [-0.3, -0.25) is 9.65 Å². The van der Waals surface area contributed by atoms with Crippen molar-refractivity contribution in [1.82, 2.24) is 15.2 Å². The van der Waals surface area contributed by atoms with Crippen molar-refractivity contribution < 1.29 is 26.1 Å². The number of rotatable bonds is 2. The monoisotopic (exact) mass is 409 g/mol. The van der Waals surface area contributed by atoms with Gasteiger partial charge in [-0.15, -0.1) is 11.3 Å². The van der Waals surface area contributed by atoms with E-state index in [9.17, 15) is 21.6 Å². The number of aryl methyl sites for hydroxylation is 1. The van der Waals surface area contributed by atoms with E-state index in [0.717, 1.165) is 5.69 Å². The summed E-state index contributed by atoms with van der Waals surface area (Å²) in [5.41, 5.74) is 12.1. The van der Waals surface area contributed by atoms with Gasteiger partial charge in [0.15, 0.2) is 5.82 Å². The second kappa shape index (κ2) is 7.19. The van der Waals surface area contributed by atoms with E-state index in [2.05, 4.69) is 20.9 Å². The summed E-state index contributed by atoms with van der Waals surface area (Å²) in [6.45, 7) is 0.599. The van der Waals surface area contributed by atoms with Gasteiger partial charge in [0.2, 0.25) is 0 Å². The highest BCUT2D eigenvalue weighted by molar-refractivity contribution is 7.85. The Morgan fingerprint density at radius 3 is 2.42 bits per heavy atom. The molecule has 3 rings (SSSR count). The molecule has 2 heterocycles. The lowest BCUT2D eigenvalue weighted by Gasteiger charge is -1.96. The molecule has 0 saturated heterocycles. The summed E-state index contributed by atoms with van der Waals surface area (Å²) >= 11 is 1.29. The first-order valence-corrected chi connectivity index (χ1v) is 9.13. The number of aromatic amines is 1. The number of halogens is 3. The summed E-state index contributed by atoms with van der Waals surface area (Å²) in [7, 11) is -4.22. The lowest BCUT2D eigenvalue weighted by molar-refractivity contribution is -0.118. The molecule has 0 saturated carbocycles. The number of hydrogen-bond acceptors (Lipinski definition) is 7. The number of alkyl halides is 3. The van der Waals surface area contributed by atoms with Gasteiger partial charge in [-0.2, -0.15) is 26.7 Å². The second-order valence-corrected chi connectivity index (χ2v) is 7.50. The highest BCUT2D eigenvalue weighted by atomic mass is 32.2. The van der Waals surface area contributed by atoms with Gasteiger partial charge in [0, 0.05) is 5.69 Å². The molecule has 0 fully saturated rings. The zero-order chi connectivity index (χ0) is 19.7. The summed E-state index contributed by atoms with van der Waals surface area (Å²) in [5, 5.41) is 7.32. The van der Waals surface area contributed by atoms with Crippen LogP contribution < -0.4 is 11.5 Å². The Morgan fingerprint density at radius 2 is 1.96 bits per heavy atom. The molecule has 0 aliphatic carbocycles. The minimum Gasteiger partial charge on any atom is -0.382 e. The van der Waals surface area contributed by atoms with Crippen molar-refractivity contribution in [3.05, 3.63) is 23.9 Å². The number of hydrogen-bond donors (Lipinski definition) is 4. The highest BCUT2D eigenvalue weighted by Crippen LogP contribution is 2.35. The van der Waals surface area contributed by atoms with Crippen LogP contribution in [0.25, 0.3) is 20.8 Å². The fourth-order valence-electron chi connectivity index (χ4n) is 1.89. The van der Waals surface area contributed by atoms with E-state index in [4.69, 9.17) is 10.3 Å². The maximum atomic E-state index is 11.1. The molecule has 0 spiro atoms. The van der Waals surface area contributed by atoms with Gasteiger partial charge in [-0.1, -0.05) is 0 Å². The summed E-state index contributed by atoms with van der Waals surface area (Å²) in [4.78, 5) is 4.25. The van der Waals surface area contributed by atoms with Crippen LogP contribution in [-0.4, -0.2) is 40.9 Å². The Labute approximate surface area is 149 Å². The SMILES string of the molecule is Cc1[nH]nc(N)c1-c1nc2ccc(S(=O)(=O)O)cc2s1.NCC(F)(F)F. The summed E-state index contributed by atoms with van der Waals surface area (Å²) < 4.78 is 63.9. The third kappa shape index (κ3) is 4.69. The minimum absolute atomic E-state index is 0.155. The molecule has 142 valence electrons. The third-order valence-corrected chi connectivity index (χ3v) is 4.96.